The summed E-state index contributed by atoms with van der Waals surface area (Å²) < 4.78 is 8.61. The quantitative estimate of drug-likeness (QED) is 0.691. The van der Waals surface area contributed by atoms with Gasteiger partial charge >= 0.3 is 0 Å². The topological polar surface area (TPSA) is 25.8 Å². The lowest BCUT2D eigenvalue weighted by Gasteiger charge is -2.07. The van der Waals surface area contributed by atoms with E-state index in [9.17, 15) is 0 Å². The minimum absolute atomic E-state index is 0.398. The Morgan fingerprint density at radius 2 is 2.15 bits per heavy atom. The molecule has 2 aromatic rings. The maximum Gasteiger partial charge on any atom is 0.108 e. The molecule has 1 aromatic heterocycles. The number of rotatable bonds is 1. The number of fused-ring (bicyclic) bond motifs is 1. The maximum absolute atomic E-state index is 4.36. The van der Waals surface area contributed by atoms with Gasteiger partial charge in [0, 0.05) is 0 Å². The van der Waals surface area contributed by atoms with Crippen LogP contribution in [0, 0.1) is 0 Å². The zero-order chi connectivity index (χ0) is 8.89. The molecule has 1 saturated carbocycles. The van der Waals surface area contributed by atoms with E-state index in [1.807, 2.05) is 6.07 Å². The molecule has 66 valence electrons. The second-order valence-electron chi connectivity index (χ2n) is 4.00. The smallest absolute Gasteiger partial charge is 0.108 e. The van der Waals surface area contributed by atoms with E-state index in [0.717, 1.165) is 11.0 Å². The minimum atomic E-state index is 0.398. The molecule has 0 spiro atoms. The summed E-state index contributed by atoms with van der Waals surface area (Å²) >= 11 is 1.31. The van der Waals surface area contributed by atoms with Crippen molar-refractivity contribution >= 4 is 22.8 Å². The van der Waals surface area contributed by atoms with Crippen LogP contribution in [0.3, 0.4) is 0 Å². The van der Waals surface area contributed by atoms with Crippen LogP contribution in [0.4, 0.5) is 0 Å². The van der Waals surface area contributed by atoms with Crippen LogP contribution in [0.5, 0.6) is 0 Å². The number of hydrogen-bond donors (Lipinski definition) is 0. The van der Waals surface area contributed by atoms with Crippen molar-refractivity contribution < 1.29 is 0 Å². The van der Waals surface area contributed by atoms with E-state index in [4.69, 9.17) is 0 Å². The molecule has 1 aromatic carbocycles. The van der Waals surface area contributed by atoms with Gasteiger partial charge in [-0.05, 0) is 29.9 Å². The lowest BCUT2D eigenvalue weighted by Crippen LogP contribution is -2.00. The van der Waals surface area contributed by atoms with E-state index in [-0.39, 0.29) is 0 Å². The second kappa shape index (κ2) is 2.29. The molecule has 0 unspecified atom stereocenters. The molecular weight excluding hydrogens is 180 g/mol. The fourth-order valence-electron chi connectivity index (χ4n) is 1.75. The van der Waals surface area contributed by atoms with E-state index in [1.54, 1.807) is 0 Å². The van der Waals surface area contributed by atoms with Crippen molar-refractivity contribution in [1.82, 2.24) is 8.75 Å². The van der Waals surface area contributed by atoms with Gasteiger partial charge in [0.25, 0.3) is 0 Å². The number of hydrogen-bond acceptors (Lipinski definition) is 3. The highest BCUT2D eigenvalue weighted by Crippen LogP contribution is 2.49. The molecule has 1 aliphatic carbocycles. The van der Waals surface area contributed by atoms with E-state index in [2.05, 4.69) is 27.8 Å². The predicted molar refractivity (Wildman–Crippen MR) is 54.0 cm³/mol. The number of benzene rings is 1. The first-order valence-corrected chi connectivity index (χ1v) is 5.24. The van der Waals surface area contributed by atoms with E-state index in [0.29, 0.717) is 5.41 Å². The summed E-state index contributed by atoms with van der Waals surface area (Å²) in [4.78, 5) is 0. The molecule has 0 bridgehead atoms. The van der Waals surface area contributed by atoms with Gasteiger partial charge in [-0.3, -0.25) is 0 Å². The summed E-state index contributed by atoms with van der Waals surface area (Å²) in [6, 6.07) is 6.31. The van der Waals surface area contributed by atoms with Crippen molar-refractivity contribution in [3.8, 4) is 0 Å². The van der Waals surface area contributed by atoms with Crippen molar-refractivity contribution in [2.45, 2.75) is 25.2 Å². The van der Waals surface area contributed by atoms with Crippen LogP contribution in [0.1, 0.15) is 25.3 Å². The van der Waals surface area contributed by atoms with Gasteiger partial charge in [0.2, 0.25) is 0 Å². The summed E-state index contributed by atoms with van der Waals surface area (Å²) in [6.45, 7) is 2.31. The lowest BCUT2D eigenvalue weighted by atomic mass is 9.97. The van der Waals surface area contributed by atoms with Gasteiger partial charge in [-0.2, -0.15) is 8.75 Å². The van der Waals surface area contributed by atoms with Crippen LogP contribution >= 0.6 is 11.7 Å². The highest BCUT2D eigenvalue weighted by atomic mass is 32.1. The van der Waals surface area contributed by atoms with E-state index < -0.39 is 0 Å². The third kappa shape index (κ3) is 1.000. The molecule has 0 saturated heterocycles. The Hall–Kier alpha value is -0.960. The fraction of sp³-hybridized carbons (Fsp3) is 0.400. The molecule has 1 fully saturated rings. The van der Waals surface area contributed by atoms with Crippen LogP contribution in [0.25, 0.3) is 11.0 Å². The van der Waals surface area contributed by atoms with Gasteiger partial charge < -0.3 is 0 Å². The average molecular weight is 190 g/mol. The first-order chi connectivity index (χ1) is 6.30. The van der Waals surface area contributed by atoms with Crippen LogP contribution < -0.4 is 0 Å². The molecule has 0 aliphatic heterocycles. The molecule has 2 nitrogen and oxygen atoms in total. The van der Waals surface area contributed by atoms with Crippen LogP contribution in [0.15, 0.2) is 18.2 Å². The third-order valence-electron chi connectivity index (χ3n) is 2.94. The Labute approximate surface area is 80.9 Å². The number of nitrogens with zero attached hydrogens (tertiary/aromatic N) is 2. The fourth-order valence-corrected chi connectivity index (χ4v) is 2.30. The largest absolute Gasteiger partial charge is 0.173 e. The van der Waals surface area contributed by atoms with Crippen molar-refractivity contribution in [1.29, 1.82) is 0 Å². The Morgan fingerprint density at radius 3 is 2.92 bits per heavy atom. The van der Waals surface area contributed by atoms with Gasteiger partial charge in [-0.15, -0.1) is 0 Å². The number of aromatic nitrogens is 2. The molecule has 13 heavy (non-hydrogen) atoms. The van der Waals surface area contributed by atoms with E-state index in [1.165, 1.54) is 30.1 Å². The van der Waals surface area contributed by atoms with Crippen LogP contribution in [-0.2, 0) is 5.41 Å². The summed E-state index contributed by atoms with van der Waals surface area (Å²) in [5.74, 6) is 0. The molecule has 1 aliphatic rings. The predicted octanol–water partition coefficient (Wildman–Crippen LogP) is 2.74. The molecule has 3 rings (SSSR count). The highest BCUT2D eigenvalue weighted by molar-refractivity contribution is 7.00. The first-order valence-electron chi connectivity index (χ1n) is 4.51. The Morgan fingerprint density at radius 1 is 1.31 bits per heavy atom. The SMILES string of the molecule is CC1(c2cccc3nsnc23)CC1. The zero-order valence-electron chi connectivity index (χ0n) is 7.45. The van der Waals surface area contributed by atoms with Crippen molar-refractivity contribution in [2.75, 3.05) is 0 Å². The van der Waals surface area contributed by atoms with Gasteiger partial charge in [-0.1, -0.05) is 19.1 Å². The van der Waals surface area contributed by atoms with Crippen molar-refractivity contribution in [3.05, 3.63) is 23.8 Å². The van der Waals surface area contributed by atoms with Gasteiger partial charge in [0.1, 0.15) is 11.0 Å². The maximum atomic E-state index is 4.36. The molecule has 1 heterocycles. The summed E-state index contributed by atoms with van der Waals surface area (Å²) in [5, 5.41) is 0. The monoisotopic (exact) mass is 190 g/mol. The zero-order valence-corrected chi connectivity index (χ0v) is 8.27. The van der Waals surface area contributed by atoms with Gasteiger partial charge in [-0.25, -0.2) is 0 Å². The molecule has 0 amide bonds. The summed E-state index contributed by atoms with van der Waals surface area (Å²) in [7, 11) is 0. The normalized spacial score (nSPS) is 19.2. The first kappa shape index (κ1) is 7.44. The van der Waals surface area contributed by atoms with Crippen LogP contribution in [-0.4, -0.2) is 8.75 Å². The Balaban J connectivity index is 2.33. The summed E-state index contributed by atoms with van der Waals surface area (Å²) in [5.41, 5.74) is 3.96. The summed E-state index contributed by atoms with van der Waals surface area (Å²) in [6.07, 6.45) is 2.59. The molecule has 0 N–H and O–H groups in total. The molecular formula is C10H10N2S. The average Bonchev–Trinajstić information content (AvgIpc) is 2.72. The highest BCUT2D eigenvalue weighted by Gasteiger charge is 2.40. The molecule has 0 atom stereocenters. The second-order valence-corrected chi connectivity index (χ2v) is 4.53. The lowest BCUT2D eigenvalue weighted by molar-refractivity contribution is 0.795. The van der Waals surface area contributed by atoms with Gasteiger partial charge in [0.15, 0.2) is 0 Å². The molecule has 0 radical (unpaired) electrons. The Kier molecular flexibility index (Phi) is 1.31. The van der Waals surface area contributed by atoms with Crippen LogP contribution in [0.2, 0.25) is 0 Å². The molecule has 3 heteroatoms. The van der Waals surface area contributed by atoms with Crippen molar-refractivity contribution in [2.24, 2.45) is 0 Å². The standard InChI is InChI=1S/C10H10N2S/c1-10(5-6-10)7-3-2-4-8-9(7)12-13-11-8/h2-4H,5-6H2,1H3. The van der Waals surface area contributed by atoms with Gasteiger partial charge in [0.05, 0.1) is 11.7 Å². The Bertz CT molecular complexity index is 457. The minimum Gasteiger partial charge on any atom is -0.173 e. The van der Waals surface area contributed by atoms with Crippen molar-refractivity contribution in [3.63, 3.8) is 0 Å². The third-order valence-corrected chi connectivity index (χ3v) is 3.48. The van der Waals surface area contributed by atoms with E-state index >= 15 is 0 Å².